The van der Waals surface area contributed by atoms with Gasteiger partial charge in [0.05, 0.1) is 6.20 Å². The first-order chi connectivity index (χ1) is 6.81. The molecule has 0 fully saturated rings. The molecule has 0 saturated carbocycles. The molecule has 1 amide bonds. The van der Waals surface area contributed by atoms with Crippen LogP contribution in [0.5, 0.6) is 0 Å². The highest BCUT2D eigenvalue weighted by molar-refractivity contribution is 5.98. The number of amides is 1. The number of nitrogens with zero attached hydrogens (tertiary/aromatic N) is 2. The number of carbonyl (C=O) groups is 1. The maximum Gasteiger partial charge on any atom is 0.405 e. The second kappa shape index (κ2) is 3.79. The van der Waals surface area contributed by atoms with Crippen LogP contribution in [-0.4, -0.2) is 28.4 Å². The number of nitrogen functional groups attached to an aromatic ring is 1. The molecule has 5 nitrogen and oxygen atoms in total. The Morgan fingerprint density at radius 2 is 2.27 bits per heavy atom. The highest BCUT2D eigenvalue weighted by Crippen LogP contribution is 2.14. The van der Waals surface area contributed by atoms with Crippen LogP contribution >= 0.6 is 0 Å². The Morgan fingerprint density at radius 3 is 2.67 bits per heavy atom. The molecule has 1 aromatic heterocycles. The molecule has 0 radical (unpaired) electrons. The summed E-state index contributed by atoms with van der Waals surface area (Å²) in [6, 6.07) is 0. The van der Waals surface area contributed by atoms with E-state index in [1.807, 2.05) is 0 Å². The van der Waals surface area contributed by atoms with E-state index < -0.39 is 18.6 Å². The van der Waals surface area contributed by atoms with Gasteiger partial charge in [-0.05, 0) is 0 Å². The van der Waals surface area contributed by atoms with E-state index in [2.05, 4.69) is 5.10 Å². The summed E-state index contributed by atoms with van der Waals surface area (Å²) in [6.45, 7) is -1.39. The van der Waals surface area contributed by atoms with E-state index in [-0.39, 0.29) is 11.4 Å². The number of hydrogen-bond acceptors (Lipinski definition) is 3. The number of aromatic nitrogens is 2. The molecule has 0 bridgehead atoms. The van der Waals surface area contributed by atoms with Crippen LogP contribution in [0, 0.1) is 0 Å². The lowest BCUT2D eigenvalue weighted by molar-refractivity contribution is -0.123. The van der Waals surface area contributed by atoms with Gasteiger partial charge in [0.1, 0.15) is 17.9 Å². The largest absolute Gasteiger partial charge is 0.405 e. The molecule has 0 aliphatic carbocycles. The van der Waals surface area contributed by atoms with Crippen molar-refractivity contribution in [3.63, 3.8) is 0 Å². The zero-order chi connectivity index (χ0) is 11.6. The molecule has 8 heteroatoms. The minimum absolute atomic E-state index is 0.0228. The number of aryl methyl sites for hydroxylation is 1. The van der Waals surface area contributed by atoms with Gasteiger partial charge in [0.25, 0.3) is 5.91 Å². The Balaban J connectivity index is 2.66. The summed E-state index contributed by atoms with van der Waals surface area (Å²) in [5.74, 6) is -0.868. The summed E-state index contributed by atoms with van der Waals surface area (Å²) in [4.78, 5) is 11.2. The molecule has 0 spiro atoms. The molecule has 1 aromatic rings. The van der Waals surface area contributed by atoms with Crippen LogP contribution in [0.3, 0.4) is 0 Å². The third-order valence-corrected chi connectivity index (χ3v) is 1.68. The number of carbonyl (C=O) groups excluding carboxylic acids is 1. The average molecular weight is 222 g/mol. The van der Waals surface area contributed by atoms with Crippen molar-refractivity contribution in [2.24, 2.45) is 7.05 Å². The minimum Gasteiger partial charge on any atom is -0.383 e. The van der Waals surface area contributed by atoms with Crippen molar-refractivity contribution in [3.8, 4) is 0 Å². The highest BCUT2D eigenvalue weighted by atomic mass is 19.4. The zero-order valence-electron chi connectivity index (χ0n) is 7.80. The number of alkyl halides is 3. The molecule has 1 heterocycles. The maximum atomic E-state index is 11.8. The van der Waals surface area contributed by atoms with Crippen molar-refractivity contribution in [1.82, 2.24) is 15.1 Å². The Hall–Kier alpha value is -1.73. The van der Waals surface area contributed by atoms with Gasteiger partial charge in [0.2, 0.25) is 0 Å². The van der Waals surface area contributed by atoms with Crippen LogP contribution in [0.15, 0.2) is 6.20 Å². The van der Waals surface area contributed by atoms with E-state index in [0.29, 0.717) is 0 Å². The summed E-state index contributed by atoms with van der Waals surface area (Å²) >= 11 is 0. The second-order valence-electron chi connectivity index (χ2n) is 2.86. The van der Waals surface area contributed by atoms with Crippen LogP contribution in [0.2, 0.25) is 0 Å². The predicted molar refractivity (Wildman–Crippen MR) is 46.0 cm³/mol. The fraction of sp³-hybridized carbons (Fsp3) is 0.429. The molecule has 1 rings (SSSR count). The molecule has 3 N–H and O–H groups in total. The number of nitrogens with two attached hydrogens (primary N) is 1. The van der Waals surface area contributed by atoms with E-state index in [0.717, 1.165) is 6.20 Å². The SMILES string of the molecule is Cn1ncc(C(=O)NCC(F)(F)F)c1N. The van der Waals surface area contributed by atoms with Crippen molar-refractivity contribution < 1.29 is 18.0 Å². The van der Waals surface area contributed by atoms with Crippen LogP contribution in [0.25, 0.3) is 0 Å². The monoisotopic (exact) mass is 222 g/mol. The lowest BCUT2D eigenvalue weighted by atomic mass is 10.3. The first kappa shape index (κ1) is 11.3. The Morgan fingerprint density at radius 1 is 1.67 bits per heavy atom. The average Bonchev–Trinajstić information content (AvgIpc) is 2.43. The lowest BCUT2D eigenvalue weighted by Crippen LogP contribution is -2.33. The van der Waals surface area contributed by atoms with Crippen molar-refractivity contribution >= 4 is 11.7 Å². The Bertz CT molecular complexity index is 371. The normalized spacial score (nSPS) is 11.5. The number of hydrogen-bond donors (Lipinski definition) is 2. The standard InChI is InChI=1S/C7H9F3N4O/c1-14-5(11)4(2-13-14)6(15)12-3-7(8,9)10/h2H,3,11H2,1H3,(H,12,15). The van der Waals surface area contributed by atoms with Crippen molar-refractivity contribution in [1.29, 1.82) is 0 Å². The second-order valence-corrected chi connectivity index (χ2v) is 2.86. The van der Waals surface area contributed by atoms with Gasteiger partial charge >= 0.3 is 6.18 Å². The smallest absolute Gasteiger partial charge is 0.383 e. The number of rotatable bonds is 2. The van der Waals surface area contributed by atoms with Crippen LogP contribution in [0.1, 0.15) is 10.4 Å². The minimum atomic E-state index is -4.44. The van der Waals surface area contributed by atoms with E-state index >= 15 is 0 Å². The molecular formula is C7H9F3N4O. The van der Waals surface area contributed by atoms with Gasteiger partial charge in [-0.3, -0.25) is 9.48 Å². The van der Waals surface area contributed by atoms with E-state index in [1.165, 1.54) is 11.7 Å². The van der Waals surface area contributed by atoms with Gasteiger partial charge in [-0.1, -0.05) is 0 Å². The van der Waals surface area contributed by atoms with Gasteiger partial charge in [-0.15, -0.1) is 0 Å². The number of halogens is 3. The summed E-state index contributed by atoms with van der Waals surface area (Å²) in [5, 5.41) is 5.33. The molecule has 0 aromatic carbocycles. The summed E-state index contributed by atoms with van der Waals surface area (Å²) in [5.41, 5.74) is 5.33. The van der Waals surface area contributed by atoms with Crippen LogP contribution in [0.4, 0.5) is 19.0 Å². The predicted octanol–water partition coefficient (Wildman–Crippen LogP) is 0.294. The molecule has 0 unspecified atom stereocenters. The number of anilines is 1. The third kappa shape index (κ3) is 2.86. The van der Waals surface area contributed by atoms with Crippen LogP contribution < -0.4 is 11.1 Å². The number of nitrogens with one attached hydrogen (secondary N) is 1. The third-order valence-electron chi connectivity index (χ3n) is 1.68. The fourth-order valence-electron chi connectivity index (χ4n) is 0.898. The Labute approximate surface area is 83.0 Å². The quantitative estimate of drug-likeness (QED) is 0.755. The molecule has 84 valence electrons. The molecule has 0 saturated heterocycles. The first-order valence-electron chi connectivity index (χ1n) is 3.93. The molecule has 0 aliphatic heterocycles. The summed E-state index contributed by atoms with van der Waals surface area (Å²) in [6.07, 6.45) is -3.33. The molecule has 0 aliphatic rings. The van der Waals surface area contributed by atoms with Gasteiger partial charge in [-0.25, -0.2) is 0 Å². The molecule has 15 heavy (non-hydrogen) atoms. The van der Waals surface area contributed by atoms with Crippen molar-refractivity contribution in [2.45, 2.75) is 6.18 Å². The molecule has 0 atom stereocenters. The fourth-order valence-corrected chi connectivity index (χ4v) is 0.898. The van der Waals surface area contributed by atoms with E-state index in [4.69, 9.17) is 5.73 Å². The molecular weight excluding hydrogens is 213 g/mol. The van der Waals surface area contributed by atoms with Gasteiger partial charge < -0.3 is 11.1 Å². The maximum absolute atomic E-state index is 11.8. The Kier molecular flexibility index (Phi) is 2.87. The summed E-state index contributed by atoms with van der Waals surface area (Å²) in [7, 11) is 1.48. The lowest BCUT2D eigenvalue weighted by Gasteiger charge is -2.07. The van der Waals surface area contributed by atoms with Gasteiger partial charge in [-0.2, -0.15) is 18.3 Å². The van der Waals surface area contributed by atoms with Gasteiger partial charge in [0.15, 0.2) is 0 Å². The topological polar surface area (TPSA) is 72.9 Å². The first-order valence-corrected chi connectivity index (χ1v) is 3.93. The van der Waals surface area contributed by atoms with Gasteiger partial charge in [0, 0.05) is 7.05 Å². The summed E-state index contributed by atoms with van der Waals surface area (Å²) < 4.78 is 36.5. The van der Waals surface area contributed by atoms with E-state index in [1.54, 1.807) is 5.32 Å². The highest BCUT2D eigenvalue weighted by Gasteiger charge is 2.28. The zero-order valence-corrected chi connectivity index (χ0v) is 7.80. The van der Waals surface area contributed by atoms with Crippen molar-refractivity contribution in [2.75, 3.05) is 12.3 Å². The van der Waals surface area contributed by atoms with Crippen LogP contribution in [-0.2, 0) is 7.05 Å². The van der Waals surface area contributed by atoms with E-state index in [9.17, 15) is 18.0 Å². The van der Waals surface area contributed by atoms with Crippen molar-refractivity contribution in [3.05, 3.63) is 11.8 Å².